The zero-order valence-corrected chi connectivity index (χ0v) is 17.7. The van der Waals surface area contributed by atoms with Crippen molar-refractivity contribution >= 4 is 29.9 Å². The van der Waals surface area contributed by atoms with Crippen molar-refractivity contribution in [3.8, 4) is 0 Å². The molecule has 4 unspecified atom stereocenters. The molecule has 1 saturated heterocycles. The molecule has 4 atom stereocenters. The van der Waals surface area contributed by atoms with Crippen LogP contribution in [0.1, 0.15) is 44.3 Å². The van der Waals surface area contributed by atoms with Gasteiger partial charge < -0.3 is 24.9 Å². The normalized spacial score (nSPS) is 29.0. The van der Waals surface area contributed by atoms with Gasteiger partial charge in [0.15, 0.2) is 5.96 Å². The van der Waals surface area contributed by atoms with Crippen LogP contribution in [0.2, 0.25) is 0 Å². The second-order valence-electron chi connectivity index (χ2n) is 7.46. The van der Waals surface area contributed by atoms with Crippen molar-refractivity contribution in [2.45, 2.75) is 51.9 Å². The van der Waals surface area contributed by atoms with Crippen LogP contribution in [-0.2, 0) is 4.74 Å². The lowest BCUT2D eigenvalue weighted by Crippen LogP contribution is -2.71. The molecule has 1 aliphatic carbocycles. The van der Waals surface area contributed by atoms with Gasteiger partial charge in [0.1, 0.15) is 17.6 Å². The van der Waals surface area contributed by atoms with E-state index in [1.54, 1.807) is 13.1 Å². The number of nitrogens with zero attached hydrogens (tertiary/aromatic N) is 1. The molecule has 1 aliphatic heterocycles. The van der Waals surface area contributed by atoms with Gasteiger partial charge in [-0.05, 0) is 31.9 Å². The molecule has 1 aromatic rings. The molecule has 142 valence electrons. The van der Waals surface area contributed by atoms with Gasteiger partial charge in [0.2, 0.25) is 0 Å². The summed E-state index contributed by atoms with van der Waals surface area (Å²) >= 11 is 0. The molecule has 6 nitrogen and oxygen atoms in total. The Labute approximate surface area is 166 Å². The molecule has 0 bridgehead atoms. The van der Waals surface area contributed by atoms with Crippen LogP contribution in [0.3, 0.4) is 0 Å². The summed E-state index contributed by atoms with van der Waals surface area (Å²) in [5.74, 6) is 2.61. The summed E-state index contributed by atoms with van der Waals surface area (Å²) in [6, 6.07) is 3.99. The molecule has 3 N–H and O–H groups in total. The Bertz CT molecular complexity index is 602. The van der Waals surface area contributed by atoms with Crippen LogP contribution in [0, 0.1) is 18.3 Å². The standard InChI is InChI=1S/C18H29N3O3.HI/c1-11-7-8-14(24-11)13(22)10-20-17(19-4)21-15-12-6-5-9-23-16(12)18(15,2)3;/h7-8,12-13,15-16,22H,5-6,9-10H2,1-4H3,(H2,19,20,21);1H. The highest BCUT2D eigenvalue weighted by molar-refractivity contribution is 14.0. The Morgan fingerprint density at radius 1 is 1.44 bits per heavy atom. The highest BCUT2D eigenvalue weighted by atomic mass is 127. The van der Waals surface area contributed by atoms with E-state index in [2.05, 4.69) is 29.5 Å². The Kier molecular flexibility index (Phi) is 6.78. The summed E-state index contributed by atoms with van der Waals surface area (Å²) in [4.78, 5) is 4.30. The van der Waals surface area contributed by atoms with Gasteiger partial charge >= 0.3 is 0 Å². The highest BCUT2D eigenvalue weighted by Crippen LogP contribution is 2.51. The Morgan fingerprint density at radius 2 is 2.20 bits per heavy atom. The van der Waals surface area contributed by atoms with Crippen molar-refractivity contribution < 1.29 is 14.3 Å². The number of halogens is 1. The van der Waals surface area contributed by atoms with Gasteiger partial charge in [0.05, 0.1) is 12.6 Å². The van der Waals surface area contributed by atoms with E-state index < -0.39 is 6.10 Å². The molecular formula is C18H30IN3O3. The Hall–Kier alpha value is -0.800. The average molecular weight is 463 g/mol. The molecule has 0 radical (unpaired) electrons. The Morgan fingerprint density at radius 3 is 2.84 bits per heavy atom. The van der Waals surface area contributed by atoms with Crippen LogP contribution in [0.5, 0.6) is 0 Å². The lowest BCUT2D eigenvalue weighted by Gasteiger charge is -2.60. The summed E-state index contributed by atoms with van der Waals surface area (Å²) in [5.41, 5.74) is 0.0828. The highest BCUT2D eigenvalue weighted by Gasteiger charge is 2.58. The number of aliphatic hydroxyl groups excluding tert-OH is 1. The van der Waals surface area contributed by atoms with Crippen molar-refractivity contribution in [1.29, 1.82) is 0 Å². The van der Waals surface area contributed by atoms with E-state index in [-0.39, 0.29) is 29.4 Å². The SMILES string of the molecule is CN=C(NCC(O)c1ccc(C)o1)NC1C2CCCOC2C1(C)C.I. The van der Waals surface area contributed by atoms with E-state index in [0.29, 0.717) is 36.3 Å². The maximum atomic E-state index is 10.2. The molecule has 25 heavy (non-hydrogen) atoms. The van der Waals surface area contributed by atoms with Gasteiger partial charge in [-0.15, -0.1) is 24.0 Å². The molecular weight excluding hydrogens is 433 g/mol. The number of nitrogens with one attached hydrogen (secondary N) is 2. The minimum atomic E-state index is -0.697. The molecule has 7 heteroatoms. The number of aliphatic imine (C=N–C) groups is 1. The van der Waals surface area contributed by atoms with Crippen LogP contribution >= 0.6 is 24.0 Å². The van der Waals surface area contributed by atoms with Crippen molar-refractivity contribution in [1.82, 2.24) is 10.6 Å². The first-order valence-electron chi connectivity index (χ1n) is 8.76. The molecule has 3 rings (SSSR count). The number of aliphatic hydroxyl groups is 1. The van der Waals surface area contributed by atoms with Gasteiger partial charge in [-0.3, -0.25) is 4.99 Å². The number of guanidine groups is 1. The summed E-state index contributed by atoms with van der Waals surface area (Å²) in [7, 11) is 1.75. The van der Waals surface area contributed by atoms with E-state index in [4.69, 9.17) is 9.15 Å². The van der Waals surface area contributed by atoms with E-state index in [1.807, 2.05) is 13.0 Å². The quantitative estimate of drug-likeness (QED) is 0.364. The second kappa shape index (κ2) is 8.26. The maximum absolute atomic E-state index is 10.2. The Balaban J connectivity index is 0.00000225. The number of rotatable bonds is 4. The molecule has 2 fully saturated rings. The molecule has 2 aliphatic rings. The fourth-order valence-corrected chi connectivity index (χ4v) is 4.08. The first-order chi connectivity index (χ1) is 11.4. The third kappa shape index (κ3) is 4.14. The van der Waals surface area contributed by atoms with Gasteiger partial charge in [-0.1, -0.05) is 13.8 Å². The predicted octanol–water partition coefficient (Wildman–Crippen LogP) is 2.61. The second-order valence-corrected chi connectivity index (χ2v) is 7.46. The number of fused-ring (bicyclic) bond motifs is 1. The zero-order chi connectivity index (χ0) is 17.3. The zero-order valence-electron chi connectivity index (χ0n) is 15.4. The summed E-state index contributed by atoms with van der Waals surface area (Å²) in [6.45, 7) is 7.57. The first kappa shape index (κ1) is 20.5. The van der Waals surface area contributed by atoms with Crippen molar-refractivity contribution in [3.63, 3.8) is 0 Å². The monoisotopic (exact) mass is 463 g/mol. The largest absolute Gasteiger partial charge is 0.464 e. The lowest BCUT2D eigenvalue weighted by molar-refractivity contribution is -0.188. The number of hydrogen-bond acceptors (Lipinski definition) is 4. The smallest absolute Gasteiger partial charge is 0.191 e. The van der Waals surface area contributed by atoms with Gasteiger partial charge in [0, 0.05) is 31.0 Å². The van der Waals surface area contributed by atoms with Crippen LogP contribution in [0.25, 0.3) is 0 Å². The third-order valence-corrected chi connectivity index (χ3v) is 5.40. The molecule has 1 saturated carbocycles. The number of hydrogen-bond donors (Lipinski definition) is 3. The first-order valence-corrected chi connectivity index (χ1v) is 8.76. The summed E-state index contributed by atoms with van der Waals surface area (Å²) < 4.78 is 11.4. The average Bonchev–Trinajstić information content (AvgIpc) is 3.01. The van der Waals surface area contributed by atoms with Crippen LogP contribution in [-0.4, -0.2) is 43.4 Å². The van der Waals surface area contributed by atoms with Gasteiger partial charge in [-0.2, -0.15) is 0 Å². The molecule has 0 spiro atoms. The fourth-order valence-electron chi connectivity index (χ4n) is 4.08. The van der Waals surface area contributed by atoms with E-state index in [0.717, 1.165) is 18.8 Å². The summed E-state index contributed by atoms with van der Waals surface area (Å²) in [5, 5.41) is 16.9. The molecule has 0 amide bonds. The van der Waals surface area contributed by atoms with Crippen LogP contribution in [0.4, 0.5) is 0 Å². The van der Waals surface area contributed by atoms with Crippen molar-refractivity contribution in [2.24, 2.45) is 16.3 Å². The predicted molar refractivity (Wildman–Crippen MR) is 108 cm³/mol. The summed E-state index contributed by atoms with van der Waals surface area (Å²) in [6.07, 6.45) is 1.95. The fraction of sp³-hybridized carbons (Fsp3) is 0.722. The molecule has 0 aromatic carbocycles. The third-order valence-electron chi connectivity index (χ3n) is 5.40. The van der Waals surface area contributed by atoms with Crippen LogP contribution < -0.4 is 10.6 Å². The van der Waals surface area contributed by atoms with E-state index in [9.17, 15) is 5.11 Å². The molecule has 2 heterocycles. The number of ether oxygens (including phenoxy) is 1. The minimum Gasteiger partial charge on any atom is -0.464 e. The van der Waals surface area contributed by atoms with Gasteiger partial charge in [-0.25, -0.2) is 0 Å². The van der Waals surface area contributed by atoms with Crippen LogP contribution in [0.15, 0.2) is 21.5 Å². The maximum Gasteiger partial charge on any atom is 0.191 e. The van der Waals surface area contributed by atoms with Crippen molar-refractivity contribution in [3.05, 3.63) is 23.7 Å². The number of furan rings is 1. The van der Waals surface area contributed by atoms with E-state index in [1.165, 1.54) is 6.42 Å². The minimum absolute atomic E-state index is 0. The van der Waals surface area contributed by atoms with Crippen molar-refractivity contribution in [2.75, 3.05) is 20.2 Å². The number of aryl methyl sites for hydroxylation is 1. The van der Waals surface area contributed by atoms with E-state index >= 15 is 0 Å². The van der Waals surface area contributed by atoms with Gasteiger partial charge in [0.25, 0.3) is 0 Å². The molecule has 1 aromatic heterocycles. The lowest BCUT2D eigenvalue weighted by atomic mass is 9.55. The topological polar surface area (TPSA) is 79.0 Å².